The standard InChI is InChI=1S/C24H23F3N8/c25-24(26,27)20-14-34(10-9-29-20)16-5-6-21(30-11-16)32-23-31-12-18-17-7-8-28-13-19(17)35(22(18)33-23)15-3-1-2-4-15/h5-8,11-13,15H,1-4,9-10,14H2,(H,30,31,32,33). The highest BCUT2D eigenvalue weighted by atomic mass is 19.4. The van der Waals surface area contributed by atoms with E-state index in [0.29, 0.717) is 30.0 Å². The molecule has 4 aromatic heterocycles. The summed E-state index contributed by atoms with van der Waals surface area (Å²) in [4.78, 5) is 23.3. The molecule has 8 nitrogen and oxygen atoms in total. The number of halogens is 3. The Kier molecular flexibility index (Phi) is 5.27. The van der Waals surface area contributed by atoms with Gasteiger partial charge in [0.25, 0.3) is 0 Å². The van der Waals surface area contributed by atoms with Gasteiger partial charge in [-0.1, -0.05) is 12.8 Å². The fraction of sp³-hybridized carbons (Fsp3) is 0.375. The Bertz CT molecular complexity index is 1400. The molecule has 2 aliphatic rings. The first-order chi connectivity index (χ1) is 17.0. The van der Waals surface area contributed by atoms with Gasteiger partial charge in [0, 0.05) is 35.8 Å². The Hall–Kier alpha value is -3.76. The molecule has 0 unspecified atom stereocenters. The molecule has 180 valence electrons. The topological polar surface area (TPSA) is 84.1 Å². The minimum Gasteiger partial charge on any atom is -0.363 e. The van der Waals surface area contributed by atoms with Crippen molar-refractivity contribution in [1.29, 1.82) is 0 Å². The van der Waals surface area contributed by atoms with Gasteiger partial charge in [-0.15, -0.1) is 0 Å². The van der Waals surface area contributed by atoms with Crippen LogP contribution in [0, 0.1) is 0 Å². The maximum absolute atomic E-state index is 13.0. The number of aliphatic imine (C=N–C) groups is 1. The zero-order chi connectivity index (χ0) is 24.0. The number of aromatic nitrogens is 5. The summed E-state index contributed by atoms with van der Waals surface area (Å²) >= 11 is 0. The van der Waals surface area contributed by atoms with Crippen LogP contribution in [-0.4, -0.2) is 56.0 Å². The van der Waals surface area contributed by atoms with Crippen LogP contribution in [0.1, 0.15) is 31.7 Å². The minimum atomic E-state index is -4.42. The van der Waals surface area contributed by atoms with Crippen molar-refractivity contribution in [2.24, 2.45) is 4.99 Å². The SMILES string of the molecule is FC(F)(F)C1=NCCN(c2ccc(Nc3ncc4c5ccncc5n(C5CCCC5)c4n3)nc2)C1. The zero-order valence-electron chi connectivity index (χ0n) is 18.8. The second kappa shape index (κ2) is 8.47. The summed E-state index contributed by atoms with van der Waals surface area (Å²) in [5.74, 6) is 0.928. The van der Waals surface area contributed by atoms with Gasteiger partial charge in [-0.3, -0.25) is 9.98 Å². The molecular weight excluding hydrogens is 457 g/mol. The van der Waals surface area contributed by atoms with Crippen LogP contribution >= 0.6 is 0 Å². The maximum atomic E-state index is 13.0. The van der Waals surface area contributed by atoms with Crippen molar-refractivity contribution < 1.29 is 13.2 Å². The molecule has 0 amide bonds. The van der Waals surface area contributed by atoms with Crippen molar-refractivity contribution in [3.63, 3.8) is 0 Å². The van der Waals surface area contributed by atoms with Crippen LogP contribution < -0.4 is 10.2 Å². The van der Waals surface area contributed by atoms with Crippen LogP contribution in [0.4, 0.5) is 30.6 Å². The normalized spacial score (nSPS) is 17.3. The third kappa shape index (κ3) is 4.04. The van der Waals surface area contributed by atoms with Crippen molar-refractivity contribution in [3.8, 4) is 0 Å². The van der Waals surface area contributed by atoms with Crippen LogP contribution in [0.5, 0.6) is 0 Å². The van der Waals surface area contributed by atoms with Gasteiger partial charge < -0.3 is 14.8 Å². The highest BCUT2D eigenvalue weighted by Crippen LogP contribution is 2.37. The first-order valence-electron chi connectivity index (χ1n) is 11.7. The number of nitrogens with one attached hydrogen (secondary N) is 1. The lowest BCUT2D eigenvalue weighted by Crippen LogP contribution is -2.42. The first kappa shape index (κ1) is 21.8. The van der Waals surface area contributed by atoms with Crippen LogP contribution in [0.25, 0.3) is 21.9 Å². The van der Waals surface area contributed by atoms with E-state index in [9.17, 15) is 13.2 Å². The average molecular weight is 480 g/mol. The van der Waals surface area contributed by atoms with Crippen molar-refractivity contribution in [2.75, 3.05) is 29.9 Å². The van der Waals surface area contributed by atoms with E-state index in [0.717, 1.165) is 34.8 Å². The molecule has 0 aromatic carbocycles. The van der Waals surface area contributed by atoms with Crippen LogP contribution in [0.15, 0.2) is 48.0 Å². The number of fused-ring (bicyclic) bond motifs is 3. The molecule has 0 radical (unpaired) electrons. The van der Waals surface area contributed by atoms with Gasteiger partial charge in [0.05, 0.1) is 36.7 Å². The highest BCUT2D eigenvalue weighted by Gasteiger charge is 2.37. The molecule has 0 atom stereocenters. The molecule has 35 heavy (non-hydrogen) atoms. The Morgan fingerprint density at radius 2 is 1.83 bits per heavy atom. The summed E-state index contributed by atoms with van der Waals surface area (Å²) < 4.78 is 41.4. The fourth-order valence-electron chi connectivity index (χ4n) is 5.04. The first-order valence-corrected chi connectivity index (χ1v) is 11.7. The molecule has 0 spiro atoms. The molecule has 1 N–H and O–H groups in total. The summed E-state index contributed by atoms with van der Waals surface area (Å²) in [5, 5.41) is 5.20. The van der Waals surface area contributed by atoms with E-state index in [2.05, 4.69) is 29.8 Å². The minimum absolute atomic E-state index is 0.104. The Morgan fingerprint density at radius 1 is 0.971 bits per heavy atom. The fourth-order valence-corrected chi connectivity index (χ4v) is 5.04. The average Bonchev–Trinajstić information content (AvgIpc) is 3.50. The maximum Gasteiger partial charge on any atom is 0.430 e. The van der Waals surface area contributed by atoms with E-state index in [4.69, 9.17) is 4.98 Å². The predicted octanol–water partition coefficient (Wildman–Crippen LogP) is 5.06. The van der Waals surface area contributed by atoms with Gasteiger partial charge in [0.1, 0.15) is 17.2 Å². The summed E-state index contributed by atoms with van der Waals surface area (Å²) in [6.07, 6.45) is 7.25. The molecule has 11 heteroatoms. The number of nitrogens with zero attached hydrogens (tertiary/aromatic N) is 7. The monoisotopic (exact) mass is 480 g/mol. The third-order valence-corrected chi connectivity index (χ3v) is 6.73. The lowest BCUT2D eigenvalue weighted by molar-refractivity contribution is -0.0602. The van der Waals surface area contributed by atoms with Crippen molar-refractivity contribution >= 4 is 45.1 Å². The van der Waals surface area contributed by atoms with Crippen LogP contribution in [0.3, 0.4) is 0 Å². The summed E-state index contributed by atoms with van der Waals surface area (Å²) in [7, 11) is 0. The second-order valence-corrected chi connectivity index (χ2v) is 8.91. The largest absolute Gasteiger partial charge is 0.430 e. The van der Waals surface area contributed by atoms with Gasteiger partial charge in [0.2, 0.25) is 5.95 Å². The molecule has 1 saturated carbocycles. The number of pyridine rings is 2. The summed E-state index contributed by atoms with van der Waals surface area (Å²) in [6, 6.07) is 5.84. The van der Waals surface area contributed by atoms with E-state index in [-0.39, 0.29) is 13.1 Å². The number of rotatable bonds is 4. The lowest BCUT2D eigenvalue weighted by Gasteiger charge is -2.29. The zero-order valence-corrected chi connectivity index (χ0v) is 18.8. The van der Waals surface area contributed by atoms with Crippen molar-refractivity contribution in [1.82, 2.24) is 24.5 Å². The summed E-state index contributed by atoms with van der Waals surface area (Å²) in [5.41, 5.74) is 1.77. The highest BCUT2D eigenvalue weighted by molar-refractivity contribution is 6.06. The Balaban J connectivity index is 1.27. The number of hydrogen-bond donors (Lipinski definition) is 1. The van der Waals surface area contributed by atoms with Crippen LogP contribution in [-0.2, 0) is 0 Å². The van der Waals surface area contributed by atoms with E-state index >= 15 is 0 Å². The van der Waals surface area contributed by atoms with Crippen LogP contribution in [0.2, 0.25) is 0 Å². The summed E-state index contributed by atoms with van der Waals surface area (Å²) in [6.45, 7) is 0.236. The molecule has 4 aromatic rings. The lowest BCUT2D eigenvalue weighted by atomic mass is 10.2. The molecule has 0 saturated heterocycles. The van der Waals surface area contributed by atoms with Gasteiger partial charge in [-0.05, 0) is 31.0 Å². The molecule has 1 aliphatic heterocycles. The Labute approximate surface area is 198 Å². The molecule has 5 heterocycles. The number of anilines is 3. The molecule has 1 aliphatic carbocycles. The quantitative estimate of drug-likeness (QED) is 0.440. The molecule has 1 fully saturated rings. The predicted molar refractivity (Wildman–Crippen MR) is 128 cm³/mol. The van der Waals surface area contributed by atoms with E-state index in [1.54, 1.807) is 29.4 Å². The number of hydrogen-bond acceptors (Lipinski definition) is 7. The molecular formula is C24H23F3N8. The number of alkyl halides is 3. The molecule has 6 rings (SSSR count). The van der Waals surface area contributed by atoms with E-state index < -0.39 is 11.9 Å². The third-order valence-electron chi connectivity index (χ3n) is 6.73. The van der Waals surface area contributed by atoms with Gasteiger partial charge >= 0.3 is 6.18 Å². The van der Waals surface area contributed by atoms with Gasteiger partial charge in [-0.25, -0.2) is 9.97 Å². The van der Waals surface area contributed by atoms with E-state index in [1.807, 2.05) is 18.5 Å². The smallest absolute Gasteiger partial charge is 0.363 e. The molecule has 0 bridgehead atoms. The Morgan fingerprint density at radius 3 is 2.60 bits per heavy atom. The van der Waals surface area contributed by atoms with Gasteiger partial charge in [0.15, 0.2) is 0 Å². The van der Waals surface area contributed by atoms with Crippen molar-refractivity contribution in [2.45, 2.75) is 37.9 Å². The van der Waals surface area contributed by atoms with Crippen molar-refractivity contribution in [3.05, 3.63) is 43.0 Å². The second-order valence-electron chi connectivity index (χ2n) is 8.91. The van der Waals surface area contributed by atoms with E-state index in [1.165, 1.54) is 12.8 Å². The van der Waals surface area contributed by atoms with Gasteiger partial charge in [-0.2, -0.15) is 18.2 Å².